The van der Waals surface area contributed by atoms with Crippen molar-refractivity contribution in [2.75, 3.05) is 20.6 Å². The van der Waals surface area contributed by atoms with E-state index < -0.39 is 10.0 Å². The highest BCUT2D eigenvalue weighted by atomic mass is 127. The fraction of sp³-hybridized carbons (Fsp3) is 0.263. The quantitative estimate of drug-likeness (QED) is 0.275. The molecule has 0 atom stereocenters. The predicted molar refractivity (Wildman–Crippen MR) is 124 cm³/mol. The van der Waals surface area contributed by atoms with Crippen molar-refractivity contribution in [3.63, 3.8) is 0 Å². The van der Waals surface area contributed by atoms with Crippen LogP contribution in [0, 0.1) is 5.82 Å². The number of hydrogen-bond donors (Lipinski definition) is 3. The van der Waals surface area contributed by atoms with Crippen LogP contribution in [-0.2, 0) is 27.9 Å². The van der Waals surface area contributed by atoms with Gasteiger partial charge in [0.15, 0.2) is 5.96 Å². The van der Waals surface area contributed by atoms with Crippen LogP contribution in [0.4, 0.5) is 4.39 Å². The first-order chi connectivity index (χ1) is 13.6. The van der Waals surface area contributed by atoms with Crippen LogP contribution in [0.1, 0.15) is 11.1 Å². The van der Waals surface area contributed by atoms with Crippen molar-refractivity contribution in [3.05, 3.63) is 65.5 Å². The van der Waals surface area contributed by atoms with Crippen LogP contribution in [-0.4, -0.2) is 45.8 Å². The number of rotatable bonds is 7. The van der Waals surface area contributed by atoms with Gasteiger partial charge < -0.3 is 15.5 Å². The van der Waals surface area contributed by atoms with Crippen LogP contribution in [0.5, 0.6) is 0 Å². The average molecular weight is 549 g/mol. The van der Waals surface area contributed by atoms with Crippen molar-refractivity contribution >= 4 is 45.9 Å². The maximum absolute atomic E-state index is 13.3. The van der Waals surface area contributed by atoms with Gasteiger partial charge in [-0.1, -0.05) is 24.3 Å². The van der Waals surface area contributed by atoms with E-state index in [0.29, 0.717) is 18.1 Å². The van der Waals surface area contributed by atoms with Crippen molar-refractivity contribution < 1.29 is 17.6 Å². The monoisotopic (exact) mass is 549 g/mol. The number of nitrogens with two attached hydrogens (primary N) is 1. The molecule has 0 heterocycles. The number of benzene rings is 2. The van der Waals surface area contributed by atoms with Gasteiger partial charge in [-0.3, -0.25) is 4.79 Å². The first-order valence-electron chi connectivity index (χ1n) is 8.73. The van der Waals surface area contributed by atoms with Crippen LogP contribution >= 0.6 is 24.0 Å². The molecule has 30 heavy (non-hydrogen) atoms. The highest BCUT2D eigenvalue weighted by molar-refractivity contribution is 14.0. The minimum atomic E-state index is -3.75. The number of carbonyl (C=O) groups is 1. The maximum Gasteiger partial charge on any atom is 0.241 e. The molecule has 0 saturated carbocycles. The van der Waals surface area contributed by atoms with Gasteiger partial charge in [0.25, 0.3) is 0 Å². The molecule has 0 radical (unpaired) electrons. The highest BCUT2D eigenvalue weighted by Gasteiger charge is 2.08. The van der Waals surface area contributed by atoms with Crippen LogP contribution in [0.15, 0.2) is 58.4 Å². The fourth-order valence-electron chi connectivity index (χ4n) is 2.28. The number of hydrogen-bond acceptors (Lipinski definition) is 4. The summed E-state index contributed by atoms with van der Waals surface area (Å²) in [4.78, 5) is 17.7. The van der Waals surface area contributed by atoms with Crippen LogP contribution in [0.2, 0.25) is 0 Å². The fourth-order valence-corrected chi connectivity index (χ4v) is 2.80. The van der Waals surface area contributed by atoms with E-state index in [1.165, 1.54) is 29.2 Å². The van der Waals surface area contributed by atoms with Crippen LogP contribution in [0.3, 0.4) is 0 Å². The summed E-state index contributed by atoms with van der Waals surface area (Å²) >= 11 is 0. The van der Waals surface area contributed by atoms with E-state index >= 15 is 0 Å². The first kappa shape index (κ1) is 25.8. The molecule has 164 valence electrons. The summed E-state index contributed by atoms with van der Waals surface area (Å²) in [6.07, 6.45) is 0. The summed E-state index contributed by atoms with van der Waals surface area (Å²) in [6.45, 7) is 0.579. The second kappa shape index (κ2) is 11.8. The van der Waals surface area contributed by atoms with E-state index in [1.807, 2.05) is 0 Å². The highest BCUT2D eigenvalue weighted by Crippen LogP contribution is 2.09. The lowest BCUT2D eigenvalue weighted by atomic mass is 10.2. The third kappa shape index (κ3) is 8.63. The molecule has 1 amide bonds. The van der Waals surface area contributed by atoms with E-state index in [2.05, 4.69) is 15.6 Å². The normalized spacial score (nSPS) is 11.4. The number of nitrogens with one attached hydrogen (secondary N) is 2. The summed E-state index contributed by atoms with van der Waals surface area (Å²) < 4.78 is 36.0. The number of likely N-dealkylation sites (N-methyl/N-ethyl adjacent to an activating group) is 1. The Morgan fingerprint density at radius 3 is 2.33 bits per heavy atom. The van der Waals surface area contributed by atoms with Crippen LogP contribution < -0.4 is 15.8 Å². The second-order valence-electron chi connectivity index (χ2n) is 6.48. The Balaban J connectivity index is 0.00000450. The van der Waals surface area contributed by atoms with Gasteiger partial charge in [-0.05, 0) is 35.4 Å². The molecule has 0 fully saturated rings. The molecular formula is C19H25FIN5O3S. The largest absolute Gasteiger partial charge is 0.352 e. The lowest BCUT2D eigenvalue weighted by Gasteiger charge is -2.15. The van der Waals surface area contributed by atoms with Gasteiger partial charge >= 0.3 is 0 Å². The zero-order chi connectivity index (χ0) is 21.4. The van der Waals surface area contributed by atoms with Crippen molar-refractivity contribution in [2.45, 2.75) is 18.0 Å². The maximum atomic E-state index is 13.3. The Morgan fingerprint density at radius 2 is 1.77 bits per heavy atom. The standard InChI is InChI=1S/C19H24FN5O3S.HI/c1-25(2)18(26)13-24-19(23-12-15-4-3-5-16(20)10-15)22-11-14-6-8-17(9-7-14)29(21,27)28;/h3-10H,11-13H2,1-2H3,(H2,21,27,28)(H2,22,23,24);1H. The Kier molecular flexibility index (Phi) is 10.2. The molecule has 0 unspecified atom stereocenters. The van der Waals surface area contributed by atoms with E-state index in [4.69, 9.17) is 5.14 Å². The third-order valence-corrected chi connectivity index (χ3v) is 4.86. The molecule has 11 heteroatoms. The molecule has 8 nitrogen and oxygen atoms in total. The number of carbonyl (C=O) groups excluding carboxylic acids is 1. The topological polar surface area (TPSA) is 117 Å². The van der Waals surface area contributed by atoms with E-state index in [1.54, 1.807) is 38.4 Å². The van der Waals surface area contributed by atoms with Crippen LogP contribution in [0.25, 0.3) is 0 Å². The molecule has 0 aliphatic heterocycles. The van der Waals surface area contributed by atoms with Gasteiger partial charge in [0.2, 0.25) is 15.9 Å². The lowest BCUT2D eigenvalue weighted by Crippen LogP contribution is -2.42. The Bertz CT molecular complexity index is 982. The molecule has 0 aliphatic rings. The SMILES string of the molecule is CN(C)C(=O)CNC(=NCc1cccc(F)c1)NCc1ccc(S(N)(=O)=O)cc1.I. The molecule has 2 aromatic rings. The summed E-state index contributed by atoms with van der Waals surface area (Å²) in [5.41, 5.74) is 1.47. The molecule has 0 aliphatic carbocycles. The third-order valence-electron chi connectivity index (χ3n) is 3.93. The lowest BCUT2D eigenvalue weighted by molar-refractivity contribution is -0.127. The predicted octanol–water partition coefficient (Wildman–Crippen LogP) is 1.41. The minimum Gasteiger partial charge on any atom is -0.352 e. The molecule has 0 spiro atoms. The van der Waals surface area contributed by atoms with Gasteiger partial charge in [0.1, 0.15) is 5.82 Å². The van der Waals surface area contributed by atoms with Gasteiger partial charge in [-0.25, -0.2) is 22.9 Å². The first-order valence-corrected chi connectivity index (χ1v) is 10.3. The molecule has 2 rings (SSSR count). The summed E-state index contributed by atoms with van der Waals surface area (Å²) in [7, 11) is -0.455. The number of primary sulfonamides is 1. The van der Waals surface area contributed by atoms with Crippen molar-refractivity contribution in [1.29, 1.82) is 0 Å². The summed E-state index contributed by atoms with van der Waals surface area (Å²) in [6, 6.07) is 12.2. The van der Waals surface area contributed by atoms with Crippen molar-refractivity contribution in [1.82, 2.24) is 15.5 Å². The molecule has 0 saturated heterocycles. The zero-order valence-electron chi connectivity index (χ0n) is 16.6. The van der Waals surface area contributed by atoms with E-state index in [0.717, 1.165) is 5.56 Å². The van der Waals surface area contributed by atoms with Gasteiger partial charge in [-0.15, -0.1) is 24.0 Å². The smallest absolute Gasteiger partial charge is 0.241 e. The summed E-state index contributed by atoms with van der Waals surface area (Å²) in [5.74, 6) is -0.124. The Hall–Kier alpha value is -2.25. The van der Waals surface area contributed by atoms with E-state index in [-0.39, 0.29) is 53.7 Å². The van der Waals surface area contributed by atoms with Gasteiger partial charge in [-0.2, -0.15) is 0 Å². The van der Waals surface area contributed by atoms with Crippen molar-refractivity contribution in [3.8, 4) is 0 Å². The molecule has 4 N–H and O–H groups in total. The molecule has 2 aromatic carbocycles. The molecule has 0 bridgehead atoms. The number of amides is 1. The zero-order valence-corrected chi connectivity index (χ0v) is 19.8. The minimum absolute atomic E-state index is 0. The Labute approximate surface area is 192 Å². The number of aliphatic imine (C=N–C) groups is 1. The van der Waals surface area contributed by atoms with E-state index in [9.17, 15) is 17.6 Å². The number of guanidine groups is 1. The molecular weight excluding hydrogens is 524 g/mol. The number of halogens is 2. The average Bonchev–Trinajstić information content (AvgIpc) is 2.66. The van der Waals surface area contributed by atoms with Gasteiger partial charge in [0.05, 0.1) is 18.0 Å². The molecule has 0 aromatic heterocycles. The number of sulfonamides is 1. The van der Waals surface area contributed by atoms with Gasteiger partial charge in [0, 0.05) is 20.6 Å². The van der Waals surface area contributed by atoms with Crippen molar-refractivity contribution in [2.24, 2.45) is 10.1 Å². The Morgan fingerprint density at radius 1 is 1.10 bits per heavy atom. The second-order valence-corrected chi connectivity index (χ2v) is 8.04. The summed E-state index contributed by atoms with van der Waals surface area (Å²) in [5, 5.41) is 11.1. The number of nitrogens with zero attached hydrogens (tertiary/aromatic N) is 2.